The topological polar surface area (TPSA) is 61.4 Å². The van der Waals surface area contributed by atoms with Crippen LogP contribution in [0.15, 0.2) is 0 Å². The Labute approximate surface area is 140 Å². The smallest absolute Gasteiger partial charge is 0.225 e. The van der Waals surface area contributed by atoms with E-state index in [2.05, 4.69) is 17.6 Å². The molecule has 0 saturated carbocycles. The third kappa shape index (κ3) is 4.85. The summed E-state index contributed by atoms with van der Waals surface area (Å²) in [6.45, 7) is 9.41. The Bertz CT molecular complexity index is 382. The van der Waals surface area contributed by atoms with Gasteiger partial charge in [-0.1, -0.05) is 20.8 Å². The van der Waals surface area contributed by atoms with Crippen LogP contribution in [0.3, 0.4) is 0 Å². The first-order valence-corrected chi connectivity index (χ1v) is 8.29. The van der Waals surface area contributed by atoms with Crippen LogP contribution in [0, 0.1) is 17.8 Å². The summed E-state index contributed by atoms with van der Waals surface area (Å²) < 4.78 is 0. The number of carbonyl (C=O) groups excluding carboxylic acids is 2. The third-order valence-electron chi connectivity index (χ3n) is 4.83. The SMILES string of the molecule is CC(C)C(=O)N1CCC(C(=O)NC2CNCCC2C)CC1.Cl. The first-order valence-electron chi connectivity index (χ1n) is 8.29. The van der Waals surface area contributed by atoms with Crippen LogP contribution in [-0.2, 0) is 9.59 Å². The molecule has 0 aromatic carbocycles. The molecule has 0 aliphatic carbocycles. The van der Waals surface area contributed by atoms with Gasteiger partial charge in [0.1, 0.15) is 0 Å². The van der Waals surface area contributed by atoms with Gasteiger partial charge in [-0.25, -0.2) is 0 Å². The van der Waals surface area contributed by atoms with Crippen molar-refractivity contribution in [3.8, 4) is 0 Å². The molecule has 2 atom stereocenters. The summed E-state index contributed by atoms with van der Waals surface area (Å²) in [6.07, 6.45) is 2.70. The summed E-state index contributed by atoms with van der Waals surface area (Å²) in [4.78, 5) is 26.2. The van der Waals surface area contributed by atoms with Crippen LogP contribution < -0.4 is 10.6 Å². The lowest BCUT2D eigenvalue weighted by Gasteiger charge is -2.35. The van der Waals surface area contributed by atoms with E-state index in [1.165, 1.54) is 0 Å². The highest BCUT2D eigenvalue weighted by Gasteiger charge is 2.30. The van der Waals surface area contributed by atoms with E-state index in [9.17, 15) is 9.59 Å². The Morgan fingerprint density at radius 3 is 2.36 bits per heavy atom. The number of nitrogens with one attached hydrogen (secondary N) is 2. The minimum Gasteiger partial charge on any atom is -0.352 e. The standard InChI is InChI=1S/C16H29N3O2.ClH/c1-11(2)16(21)19-8-5-13(6-9-19)15(20)18-14-10-17-7-4-12(14)3;/h11-14,17H,4-10H2,1-3H3,(H,18,20);1H. The van der Waals surface area contributed by atoms with Gasteiger partial charge in [0, 0.05) is 37.5 Å². The summed E-state index contributed by atoms with van der Waals surface area (Å²) in [5, 5.41) is 6.54. The average molecular weight is 332 g/mol. The van der Waals surface area contributed by atoms with Gasteiger partial charge in [-0.15, -0.1) is 12.4 Å². The molecule has 2 heterocycles. The van der Waals surface area contributed by atoms with Crippen LogP contribution in [0.5, 0.6) is 0 Å². The molecule has 2 saturated heterocycles. The van der Waals surface area contributed by atoms with Crippen molar-refractivity contribution in [1.29, 1.82) is 0 Å². The lowest BCUT2D eigenvalue weighted by atomic mass is 9.91. The number of carbonyl (C=O) groups is 2. The fourth-order valence-electron chi connectivity index (χ4n) is 3.21. The highest BCUT2D eigenvalue weighted by molar-refractivity contribution is 5.85. The highest BCUT2D eigenvalue weighted by atomic mass is 35.5. The summed E-state index contributed by atoms with van der Waals surface area (Å²) in [5.74, 6) is 1.03. The second-order valence-corrected chi connectivity index (χ2v) is 6.84. The second-order valence-electron chi connectivity index (χ2n) is 6.84. The van der Waals surface area contributed by atoms with E-state index in [1.807, 2.05) is 18.7 Å². The molecule has 0 spiro atoms. The number of rotatable bonds is 3. The van der Waals surface area contributed by atoms with Crippen LogP contribution >= 0.6 is 12.4 Å². The molecule has 128 valence electrons. The van der Waals surface area contributed by atoms with Crippen molar-refractivity contribution < 1.29 is 9.59 Å². The van der Waals surface area contributed by atoms with Gasteiger partial charge in [-0.2, -0.15) is 0 Å². The van der Waals surface area contributed by atoms with E-state index in [4.69, 9.17) is 0 Å². The van der Waals surface area contributed by atoms with Crippen LogP contribution in [-0.4, -0.2) is 48.9 Å². The summed E-state index contributed by atoms with van der Waals surface area (Å²) >= 11 is 0. The van der Waals surface area contributed by atoms with Gasteiger partial charge in [0.25, 0.3) is 0 Å². The number of amides is 2. The van der Waals surface area contributed by atoms with E-state index in [-0.39, 0.29) is 42.1 Å². The van der Waals surface area contributed by atoms with E-state index in [0.717, 1.165) is 32.4 Å². The Morgan fingerprint density at radius 1 is 1.18 bits per heavy atom. The fraction of sp³-hybridized carbons (Fsp3) is 0.875. The Balaban J connectivity index is 0.00000242. The van der Waals surface area contributed by atoms with Crippen molar-refractivity contribution in [2.24, 2.45) is 17.8 Å². The molecule has 22 heavy (non-hydrogen) atoms. The number of halogens is 1. The van der Waals surface area contributed by atoms with Gasteiger partial charge < -0.3 is 15.5 Å². The maximum atomic E-state index is 12.4. The van der Waals surface area contributed by atoms with Crippen molar-refractivity contribution in [2.75, 3.05) is 26.2 Å². The van der Waals surface area contributed by atoms with Gasteiger partial charge in [0.05, 0.1) is 0 Å². The molecule has 0 bridgehead atoms. The minimum atomic E-state index is 0. The van der Waals surface area contributed by atoms with Crippen molar-refractivity contribution in [3.63, 3.8) is 0 Å². The Morgan fingerprint density at radius 2 is 1.82 bits per heavy atom. The third-order valence-corrected chi connectivity index (χ3v) is 4.83. The molecule has 2 fully saturated rings. The van der Waals surface area contributed by atoms with E-state index in [0.29, 0.717) is 19.0 Å². The van der Waals surface area contributed by atoms with Gasteiger partial charge in [0.2, 0.25) is 11.8 Å². The molecular formula is C16H30ClN3O2. The van der Waals surface area contributed by atoms with Crippen LogP contribution in [0.1, 0.15) is 40.0 Å². The number of hydrogen-bond donors (Lipinski definition) is 2. The predicted octanol–water partition coefficient (Wildman–Crippen LogP) is 1.42. The fourth-order valence-corrected chi connectivity index (χ4v) is 3.21. The molecule has 5 nitrogen and oxygen atoms in total. The number of hydrogen-bond acceptors (Lipinski definition) is 3. The normalized spacial score (nSPS) is 26.5. The van der Waals surface area contributed by atoms with Crippen molar-refractivity contribution in [1.82, 2.24) is 15.5 Å². The lowest BCUT2D eigenvalue weighted by molar-refractivity contribution is -0.138. The quantitative estimate of drug-likeness (QED) is 0.822. The molecule has 2 unspecified atom stereocenters. The molecule has 2 aliphatic rings. The molecule has 6 heteroatoms. The lowest BCUT2D eigenvalue weighted by Crippen LogP contribution is -2.53. The van der Waals surface area contributed by atoms with Gasteiger partial charge >= 0.3 is 0 Å². The molecular weight excluding hydrogens is 302 g/mol. The van der Waals surface area contributed by atoms with Crippen LogP contribution in [0.25, 0.3) is 0 Å². The van der Waals surface area contributed by atoms with E-state index in [1.54, 1.807) is 0 Å². The van der Waals surface area contributed by atoms with Gasteiger partial charge in [0.15, 0.2) is 0 Å². The zero-order valence-electron chi connectivity index (χ0n) is 13.9. The number of piperidine rings is 2. The van der Waals surface area contributed by atoms with Crippen LogP contribution in [0.2, 0.25) is 0 Å². The first-order chi connectivity index (χ1) is 9.99. The van der Waals surface area contributed by atoms with E-state index >= 15 is 0 Å². The minimum absolute atomic E-state index is 0. The maximum Gasteiger partial charge on any atom is 0.225 e. The monoisotopic (exact) mass is 331 g/mol. The number of likely N-dealkylation sites (tertiary alicyclic amines) is 1. The van der Waals surface area contributed by atoms with Crippen molar-refractivity contribution in [2.45, 2.75) is 46.1 Å². The average Bonchev–Trinajstić information content (AvgIpc) is 2.49. The molecule has 2 amide bonds. The second kappa shape index (κ2) is 8.73. The Hall–Kier alpha value is -0.810. The molecule has 0 aromatic rings. The summed E-state index contributed by atoms with van der Waals surface area (Å²) in [7, 11) is 0. The van der Waals surface area contributed by atoms with E-state index < -0.39 is 0 Å². The summed E-state index contributed by atoms with van der Waals surface area (Å²) in [5.41, 5.74) is 0. The highest BCUT2D eigenvalue weighted by Crippen LogP contribution is 2.20. The zero-order valence-corrected chi connectivity index (χ0v) is 14.7. The maximum absolute atomic E-state index is 12.4. The van der Waals surface area contributed by atoms with Crippen molar-refractivity contribution in [3.05, 3.63) is 0 Å². The largest absolute Gasteiger partial charge is 0.352 e. The summed E-state index contributed by atoms with van der Waals surface area (Å²) in [6, 6.07) is 0.251. The van der Waals surface area contributed by atoms with Gasteiger partial charge in [-0.3, -0.25) is 9.59 Å². The Kier molecular flexibility index (Phi) is 7.63. The first kappa shape index (κ1) is 19.2. The van der Waals surface area contributed by atoms with Crippen LogP contribution in [0.4, 0.5) is 0 Å². The number of nitrogens with zero attached hydrogens (tertiary/aromatic N) is 1. The molecule has 2 aliphatic heterocycles. The molecule has 2 N–H and O–H groups in total. The van der Waals surface area contributed by atoms with Gasteiger partial charge in [-0.05, 0) is 31.7 Å². The molecule has 2 rings (SSSR count). The van der Waals surface area contributed by atoms with Crippen molar-refractivity contribution >= 4 is 24.2 Å². The zero-order chi connectivity index (χ0) is 15.4. The molecule has 0 radical (unpaired) electrons. The predicted molar refractivity (Wildman–Crippen MR) is 90.0 cm³/mol. The molecule has 0 aromatic heterocycles.